The molecule has 2 rings (SSSR count). The Morgan fingerprint density at radius 1 is 1.32 bits per heavy atom. The maximum absolute atomic E-state index is 12.1. The van der Waals surface area contributed by atoms with Crippen LogP contribution in [0.25, 0.3) is 0 Å². The first kappa shape index (κ1) is 16.5. The third-order valence-corrected chi connectivity index (χ3v) is 4.26. The molecule has 1 amide bonds. The first-order chi connectivity index (χ1) is 10.6. The summed E-state index contributed by atoms with van der Waals surface area (Å²) in [6.07, 6.45) is 2.54. The number of quaternary nitrogens is 1. The number of carbonyl (C=O) groups excluding carboxylic acids is 2. The topological polar surface area (TPSA) is 59.8 Å². The predicted octanol–water partition coefficient (Wildman–Crippen LogP) is 0.655. The second-order valence-electron chi connectivity index (χ2n) is 5.83. The predicted molar refractivity (Wildman–Crippen MR) is 84.8 cm³/mol. The number of likely N-dealkylation sites (tertiary alicyclic amines) is 1. The van der Waals surface area contributed by atoms with E-state index in [1.54, 1.807) is 0 Å². The SMILES string of the molecule is CCc1cccc(NC(=O)C[NH+]2CCC(C(=O)OC)CC2)c1. The molecule has 5 nitrogen and oxygen atoms in total. The van der Waals surface area contributed by atoms with Crippen molar-refractivity contribution in [3.8, 4) is 0 Å². The number of hydrogen-bond donors (Lipinski definition) is 2. The molecule has 0 saturated carbocycles. The Hall–Kier alpha value is -1.88. The lowest BCUT2D eigenvalue weighted by molar-refractivity contribution is -0.897. The zero-order chi connectivity index (χ0) is 15.9. The normalized spacial score (nSPS) is 21.2. The van der Waals surface area contributed by atoms with Gasteiger partial charge in [-0.1, -0.05) is 19.1 Å². The van der Waals surface area contributed by atoms with Crippen molar-refractivity contribution in [3.05, 3.63) is 29.8 Å². The maximum Gasteiger partial charge on any atom is 0.309 e. The van der Waals surface area contributed by atoms with Crippen molar-refractivity contribution in [3.63, 3.8) is 0 Å². The lowest BCUT2D eigenvalue weighted by Crippen LogP contribution is -3.14. The van der Waals surface area contributed by atoms with E-state index in [4.69, 9.17) is 4.74 Å². The minimum atomic E-state index is -0.125. The Kier molecular flexibility index (Phi) is 5.95. The van der Waals surface area contributed by atoms with E-state index in [2.05, 4.69) is 18.3 Å². The molecule has 1 heterocycles. The number of anilines is 1. The highest BCUT2D eigenvalue weighted by Gasteiger charge is 2.28. The van der Waals surface area contributed by atoms with E-state index in [0.29, 0.717) is 6.54 Å². The molecule has 2 N–H and O–H groups in total. The molecule has 0 unspecified atom stereocenters. The van der Waals surface area contributed by atoms with Gasteiger partial charge in [0.05, 0.1) is 26.1 Å². The van der Waals surface area contributed by atoms with Crippen LogP contribution < -0.4 is 10.2 Å². The second kappa shape index (κ2) is 7.94. The molecule has 0 spiro atoms. The smallest absolute Gasteiger partial charge is 0.309 e. The van der Waals surface area contributed by atoms with Crippen LogP contribution in [0.2, 0.25) is 0 Å². The van der Waals surface area contributed by atoms with Gasteiger partial charge in [-0.05, 0) is 24.1 Å². The summed E-state index contributed by atoms with van der Waals surface area (Å²) in [6, 6.07) is 7.94. The molecule has 1 aromatic carbocycles. The van der Waals surface area contributed by atoms with E-state index in [0.717, 1.165) is 38.0 Å². The third kappa shape index (κ3) is 4.56. The van der Waals surface area contributed by atoms with Crippen molar-refractivity contribution in [2.45, 2.75) is 26.2 Å². The lowest BCUT2D eigenvalue weighted by atomic mass is 9.97. The summed E-state index contributed by atoms with van der Waals surface area (Å²) < 4.78 is 4.78. The quantitative estimate of drug-likeness (QED) is 0.786. The molecule has 0 aliphatic carbocycles. The Morgan fingerprint density at radius 2 is 2.05 bits per heavy atom. The number of rotatable bonds is 5. The molecule has 5 heteroatoms. The van der Waals surface area contributed by atoms with Gasteiger partial charge in [0.15, 0.2) is 6.54 Å². The number of nitrogens with one attached hydrogen (secondary N) is 2. The first-order valence-electron chi connectivity index (χ1n) is 7.92. The number of esters is 1. The summed E-state index contributed by atoms with van der Waals surface area (Å²) in [5, 5.41) is 2.96. The highest BCUT2D eigenvalue weighted by Crippen LogP contribution is 2.12. The average Bonchev–Trinajstić information content (AvgIpc) is 2.55. The first-order valence-corrected chi connectivity index (χ1v) is 7.92. The number of amides is 1. The van der Waals surface area contributed by atoms with Gasteiger partial charge >= 0.3 is 5.97 Å². The Bertz CT molecular complexity index is 522. The van der Waals surface area contributed by atoms with E-state index in [1.165, 1.54) is 17.6 Å². The number of hydrogen-bond acceptors (Lipinski definition) is 3. The van der Waals surface area contributed by atoms with Gasteiger partial charge in [-0.3, -0.25) is 9.59 Å². The van der Waals surface area contributed by atoms with Gasteiger partial charge in [0, 0.05) is 18.5 Å². The molecule has 1 aromatic rings. The molecule has 0 atom stereocenters. The van der Waals surface area contributed by atoms with Gasteiger partial charge in [-0.2, -0.15) is 0 Å². The fraction of sp³-hybridized carbons (Fsp3) is 0.529. The van der Waals surface area contributed by atoms with Crippen LogP contribution in [0.4, 0.5) is 5.69 Å². The summed E-state index contributed by atoms with van der Waals surface area (Å²) in [7, 11) is 1.43. The highest BCUT2D eigenvalue weighted by molar-refractivity contribution is 5.91. The van der Waals surface area contributed by atoms with Crippen LogP contribution in [0.3, 0.4) is 0 Å². The Labute approximate surface area is 131 Å². The van der Waals surface area contributed by atoms with Crippen LogP contribution in [0.5, 0.6) is 0 Å². The number of ether oxygens (including phenoxy) is 1. The molecule has 22 heavy (non-hydrogen) atoms. The van der Waals surface area contributed by atoms with Gasteiger partial charge in [-0.25, -0.2) is 0 Å². The van der Waals surface area contributed by atoms with Gasteiger partial charge in [0.2, 0.25) is 0 Å². The molecular formula is C17H25N2O3+. The van der Waals surface area contributed by atoms with E-state index in [-0.39, 0.29) is 17.8 Å². The maximum atomic E-state index is 12.1. The fourth-order valence-corrected chi connectivity index (χ4v) is 2.91. The number of carbonyl (C=O) groups is 2. The van der Waals surface area contributed by atoms with Gasteiger partial charge < -0.3 is 15.0 Å². The molecule has 1 aliphatic rings. The van der Waals surface area contributed by atoms with E-state index >= 15 is 0 Å². The molecule has 0 bridgehead atoms. The van der Waals surface area contributed by atoms with E-state index in [9.17, 15) is 9.59 Å². The van der Waals surface area contributed by atoms with Crippen molar-refractivity contribution in [2.24, 2.45) is 5.92 Å². The van der Waals surface area contributed by atoms with Gasteiger partial charge in [-0.15, -0.1) is 0 Å². The van der Waals surface area contributed by atoms with Crippen molar-refractivity contribution < 1.29 is 19.2 Å². The Balaban J connectivity index is 1.79. The average molecular weight is 305 g/mol. The summed E-state index contributed by atoms with van der Waals surface area (Å²) in [4.78, 5) is 24.8. The van der Waals surface area contributed by atoms with Crippen molar-refractivity contribution in [1.82, 2.24) is 0 Å². The van der Waals surface area contributed by atoms with Crippen molar-refractivity contribution >= 4 is 17.6 Å². The van der Waals surface area contributed by atoms with Crippen LogP contribution in [-0.2, 0) is 20.7 Å². The minimum Gasteiger partial charge on any atom is -0.469 e. The van der Waals surface area contributed by atoms with Crippen LogP contribution >= 0.6 is 0 Å². The number of benzene rings is 1. The van der Waals surface area contributed by atoms with Crippen molar-refractivity contribution in [1.29, 1.82) is 0 Å². The van der Waals surface area contributed by atoms with Gasteiger partial charge in [0.25, 0.3) is 5.91 Å². The summed E-state index contributed by atoms with van der Waals surface area (Å²) in [5.41, 5.74) is 2.07. The zero-order valence-corrected chi connectivity index (χ0v) is 13.4. The zero-order valence-electron chi connectivity index (χ0n) is 13.4. The standard InChI is InChI=1S/C17H24N2O3/c1-3-13-5-4-6-15(11-13)18-16(20)12-19-9-7-14(8-10-19)17(21)22-2/h4-6,11,14H,3,7-10,12H2,1-2H3,(H,18,20)/p+1. The van der Waals surface area contributed by atoms with E-state index < -0.39 is 0 Å². The number of aryl methyl sites for hydroxylation is 1. The lowest BCUT2D eigenvalue weighted by Gasteiger charge is -2.27. The van der Waals surface area contributed by atoms with Gasteiger partial charge in [0.1, 0.15) is 0 Å². The molecular weight excluding hydrogens is 280 g/mol. The molecule has 120 valence electrons. The van der Waals surface area contributed by atoms with E-state index in [1.807, 2.05) is 18.2 Å². The second-order valence-corrected chi connectivity index (χ2v) is 5.83. The van der Waals surface area contributed by atoms with Crippen LogP contribution in [0, 0.1) is 5.92 Å². The third-order valence-electron chi connectivity index (χ3n) is 4.26. The van der Waals surface area contributed by atoms with Crippen LogP contribution in [-0.4, -0.2) is 38.6 Å². The Morgan fingerprint density at radius 3 is 2.68 bits per heavy atom. The summed E-state index contributed by atoms with van der Waals surface area (Å²) >= 11 is 0. The minimum absolute atomic E-state index is 0.00181. The van der Waals surface area contributed by atoms with Crippen molar-refractivity contribution in [2.75, 3.05) is 32.1 Å². The fourth-order valence-electron chi connectivity index (χ4n) is 2.91. The molecule has 0 aromatic heterocycles. The largest absolute Gasteiger partial charge is 0.469 e. The monoisotopic (exact) mass is 305 g/mol. The summed E-state index contributed by atoms with van der Waals surface area (Å²) in [5.74, 6) is -0.0994. The molecule has 1 aliphatic heterocycles. The van der Waals surface area contributed by atoms with Crippen LogP contribution in [0.1, 0.15) is 25.3 Å². The molecule has 1 saturated heterocycles. The summed E-state index contributed by atoms with van der Waals surface area (Å²) in [6.45, 7) is 4.21. The molecule has 0 radical (unpaired) electrons. The van der Waals surface area contributed by atoms with Crippen LogP contribution in [0.15, 0.2) is 24.3 Å². The number of piperidine rings is 1. The highest BCUT2D eigenvalue weighted by atomic mass is 16.5. The molecule has 1 fully saturated rings. The number of methoxy groups -OCH3 is 1.